The second-order valence-electron chi connectivity index (χ2n) is 7.65. The number of urea groups is 1. The van der Waals surface area contributed by atoms with E-state index in [-0.39, 0.29) is 24.3 Å². The van der Waals surface area contributed by atoms with Crippen molar-refractivity contribution in [3.05, 3.63) is 70.4 Å². The normalized spacial score (nSPS) is 18.9. The summed E-state index contributed by atoms with van der Waals surface area (Å²) >= 11 is 5.96. The number of fused-ring (bicyclic) bond motifs is 1. The number of anilines is 1. The molecule has 3 amide bonds. The average molecular weight is 500 g/mol. The lowest BCUT2D eigenvalue weighted by Gasteiger charge is -2.29. The molecule has 0 aliphatic carbocycles. The summed E-state index contributed by atoms with van der Waals surface area (Å²) < 4.78 is 16.1. The van der Waals surface area contributed by atoms with Gasteiger partial charge in [0.2, 0.25) is 0 Å². The Hall–Kier alpha value is -4.05. The SMILES string of the molecule is CCOC(=O)C1=C(COC(=O)C[C@H]2Oc3ccccc3NC2=O)NC(=O)N[C@H]1c1ccc(Cl)cc1. The van der Waals surface area contributed by atoms with E-state index in [0.717, 1.165) is 0 Å². The van der Waals surface area contributed by atoms with Crippen molar-refractivity contribution in [2.75, 3.05) is 18.5 Å². The number of esters is 2. The molecule has 0 spiro atoms. The van der Waals surface area contributed by atoms with Crippen LogP contribution in [0.4, 0.5) is 10.5 Å². The van der Waals surface area contributed by atoms with Gasteiger partial charge in [0, 0.05) is 5.02 Å². The van der Waals surface area contributed by atoms with Crippen molar-refractivity contribution in [1.29, 1.82) is 0 Å². The highest BCUT2D eigenvalue weighted by atomic mass is 35.5. The van der Waals surface area contributed by atoms with Crippen molar-refractivity contribution >= 4 is 41.2 Å². The zero-order valence-electron chi connectivity index (χ0n) is 18.6. The van der Waals surface area contributed by atoms with Crippen molar-refractivity contribution in [3.8, 4) is 5.75 Å². The van der Waals surface area contributed by atoms with E-state index in [1.165, 1.54) is 0 Å². The Kier molecular flexibility index (Phi) is 7.21. The maximum absolute atomic E-state index is 12.8. The molecule has 182 valence electrons. The third kappa shape index (κ3) is 5.55. The fourth-order valence-electron chi connectivity index (χ4n) is 3.68. The van der Waals surface area contributed by atoms with Gasteiger partial charge in [-0.25, -0.2) is 9.59 Å². The number of carbonyl (C=O) groups is 4. The Bertz CT molecular complexity index is 1200. The molecule has 35 heavy (non-hydrogen) atoms. The predicted octanol–water partition coefficient (Wildman–Crippen LogP) is 2.84. The van der Waals surface area contributed by atoms with Crippen LogP contribution in [0.3, 0.4) is 0 Å². The molecule has 0 saturated heterocycles. The van der Waals surface area contributed by atoms with Crippen LogP contribution in [-0.2, 0) is 23.9 Å². The van der Waals surface area contributed by atoms with Gasteiger partial charge in [-0.2, -0.15) is 0 Å². The van der Waals surface area contributed by atoms with Crippen LogP contribution in [0.15, 0.2) is 59.8 Å². The molecule has 0 saturated carbocycles. The summed E-state index contributed by atoms with van der Waals surface area (Å²) in [7, 11) is 0. The van der Waals surface area contributed by atoms with Gasteiger partial charge in [-0.1, -0.05) is 35.9 Å². The van der Waals surface area contributed by atoms with Gasteiger partial charge in [-0.15, -0.1) is 0 Å². The number of para-hydroxylation sites is 2. The highest BCUT2D eigenvalue weighted by Crippen LogP contribution is 2.31. The molecular weight excluding hydrogens is 478 g/mol. The summed E-state index contributed by atoms with van der Waals surface area (Å²) in [5.41, 5.74) is 1.25. The number of benzene rings is 2. The first-order chi connectivity index (χ1) is 16.9. The van der Waals surface area contributed by atoms with E-state index in [4.69, 9.17) is 25.8 Å². The number of amides is 3. The molecule has 10 nitrogen and oxygen atoms in total. The van der Waals surface area contributed by atoms with Gasteiger partial charge in [-0.3, -0.25) is 9.59 Å². The molecule has 0 fully saturated rings. The number of hydrogen-bond acceptors (Lipinski definition) is 7. The maximum Gasteiger partial charge on any atom is 0.338 e. The Morgan fingerprint density at radius 1 is 1.03 bits per heavy atom. The van der Waals surface area contributed by atoms with Crippen molar-refractivity contribution in [2.24, 2.45) is 0 Å². The minimum absolute atomic E-state index is 0.0693. The standard InChI is InChI=1S/C24H22ClN3O7/c1-2-33-23(31)20-16(27-24(32)28-21(20)13-7-9-14(25)10-8-13)12-34-19(29)11-18-22(30)26-15-5-3-4-6-17(15)35-18/h3-10,18,21H,2,11-12H2,1H3,(H,26,30)(H2,27,28,32)/t18-,21+/m1/s1. The fourth-order valence-corrected chi connectivity index (χ4v) is 3.80. The highest BCUT2D eigenvalue weighted by Gasteiger charge is 2.35. The maximum atomic E-state index is 12.8. The van der Waals surface area contributed by atoms with Crippen molar-refractivity contribution in [3.63, 3.8) is 0 Å². The highest BCUT2D eigenvalue weighted by molar-refractivity contribution is 6.30. The van der Waals surface area contributed by atoms with E-state index in [1.807, 2.05) is 0 Å². The number of hydrogen-bond donors (Lipinski definition) is 3. The minimum atomic E-state index is -1.08. The third-order valence-corrected chi connectivity index (χ3v) is 5.54. The first-order valence-corrected chi connectivity index (χ1v) is 11.2. The van der Waals surface area contributed by atoms with Crippen LogP contribution in [0.5, 0.6) is 5.75 Å². The van der Waals surface area contributed by atoms with E-state index >= 15 is 0 Å². The van der Waals surface area contributed by atoms with E-state index in [1.54, 1.807) is 55.5 Å². The predicted molar refractivity (Wildman–Crippen MR) is 125 cm³/mol. The minimum Gasteiger partial charge on any atom is -0.478 e. The molecule has 4 rings (SSSR count). The topological polar surface area (TPSA) is 132 Å². The van der Waals surface area contributed by atoms with Crippen LogP contribution in [-0.4, -0.2) is 43.2 Å². The first kappa shape index (κ1) is 24.1. The molecule has 11 heteroatoms. The van der Waals surface area contributed by atoms with Crippen LogP contribution < -0.4 is 20.7 Å². The van der Waals surface area contributed by atoms with Gasteiger partial charge in [0.1, 0.15) is 12.4 Å². The van der Waals surface area contributed by atoms with Gasteiger partial charge in [0.05, 0.1) is 36.0 Å². The number of ether oxygens (including phenoxy) is 3. The number of halogens is 1. The lowest BCUT2D eigenvalue weighted by Crippen LogP contribution is -2.47. The molecule has 2 heterocycles. The molecule has 0 bridgehead atoms. The zero-order valence-corrected chi connectivity index (χ0v) is 19.4. The van der Waals surface area contributed by atoms with Gasteiger partial charge >= 0.3 is 18.0 Å². The van der Waals surface area contributed by atoms with E-state index in [2.05, 4.69) is 16.0 Å². The molecule has 0 radical (unpaired) electrons. The van der Waals surface area contributed by atoms with Crippen LogP contribution in [0.1, 0.15) is 24.9 Å². The summed E-state index contributed by atoms with van der Waals surface area (Å²) in [4.78, 5) is 49.9. The molecular formula is C24H22ClN3O7. The van der Waals surface area contributed by atoms with Crippen LogP contribution in [0.25, 0.3) is 0 Å². The van der Waals surface area contributed by atoms with E-state index in [9.17, 15) is 19.2 Å². The summed E-state index contributed by atoms with van der Waals surface area (Å²) in [6.07, 6.45) is -1.45. The number of nitrogens with one attached hydrogen (secondary N) is 3. The monoisotopic (exact) mass is 499 g/mol. The molecule has 2 aromatic carbocycles. The molecule has 3 N–H and O–H groups in total. The quantitative estimate of drug-likeness (QED) is 0.499. The van der Waals surface area contributed by atoms with Crippen LogP contribution in [0.2, 0.25) is 5.02 Å². The van der Waals surface area contributed by atoms with E-state index in [0.29, 0.717) is 22.0 Å². The second kappa shape index (κ2) is 10.5. The van der Waals surface area contributed by atoms with Gasteiger partial charge in [0.15, 0.2) is 6.10 Å². The average Bonchev–Trinajstić information content (AvgIpc) is 2.83. The van der Waals surface area contributed by atoms with Crippen molar-refractivity contribution in [1.82, 2.24) is 10.6 Å². The first-order valence-electron chi connectivity index (χ1n) is 10.8. The molecule has 2 atom stereocenters. The fraction of sp³-hybridized carbons (Fsp3) is 0.250. The van der Waals surface area contributed by atoms with Gasteiger partial charge in [-0.05, 0) is 36.8 Å². The Morgan fingerprint density at radius 2 is 1.77 bits per heavy atom. The molecule has 0 aromatic heterocycles. The van der Waals surface area contributed by atoms with Crippen LogP contribution >= 0.6 is 11.6 Å². The van der Waals surface area contributed by atoms with Crippen molar-refractivity contribution < 1.29 is 33.4 Å². The largest absolute Gasteiger partial charge is 0.478 e. The smallest absolute Gasteiger partial charge is 0.338 e. The Labute approximate surface area is 205 Å². The summed E-state index contributed by atoms with van der Waals surface area (Å²) in [6.45, 7) is 1.33. The van der Waals surface area contributed by atoms with Gasteiger partial charge < -0.3 is 30.2 Å². The third-order valence-electron chi connectivity index (χ3n) is 5.29. The van der Waals surface area contributed by atoms with Crippen molar-refractivity contribution in [2.45, 2.75) is 25.5 Å². The molecule has 0 unspecified atom stereocenters. The lowest BCUT2D eigenvalue weighted by molar-refractivity contribution is -0.147. The number of carbonyl (C=O) groups excluding carboxylic acids is 4. The molecule has 2 aromatic rings. The molecule has 2 aliphatic rings. The number of rotatable bonds is 7. The summed E-state index contributed by atoms with van der Waals surface area (Å²) in [6, 6.07) is 12.0. The summed E-state index contributed by atoms with van der Waals surface area (Å²) in [5, 5.41) is 8.35. The Balaban J connectivity index is 1.51. The second-order valence-corrected chi connectivity index (χ2v) is 8.09. The molecule has 2 aliphatic heterocycles. The Morgan fingerprint density at radius 3 is 2.51 bits per heavy atom. The van der Waals surface area contributed by atoms with Gasteiger partial charge in [0.25, 0.3) is 5.91 Å². The summed E-state index contributed by atoms with van der Waals surface area (Å²) in [5.74, 6) is -1.48. The van der Waals surface area contributed by atoms with Crippen LogP contribution in [0, 0.1) is 0 Å². The zero-order chi connectivity index (χ0) is 24.9. The van der Waals surface area contributed by atoms with E-state index < -0.39 is 42.6 Å². The lowest BCUT2D eigenvalue weighted by atomic mass is 9.95.